The van der Waals surface area contributed by atoms with Gasteiger partial charge in [-0.1, -0.05) is 12.8 Å². The van der Waals surface area contributed by atoms with Crippen molar-refractivity contribution in [2.24, 2.45) is 5.92 Å². The molecule has 0 aliphatic heterocycles. The molecule has 1 unspecified atom stereocenters. The first kappa shape index (κ1) is 5.06. The smallest absolute Gasteiger partial charge is 0.117 e. The monoisotopic (exact) mass is 100 g/mol. The molecule has 1 rings (SSSR count). The summed E-state index contributed by atoms with van der Waals surface area (Å²) in [5, 5.41) is 8.43. The largest absolute Gasteiger partial charge is 0.377 e. The maximum absolute atomic E-state index is 8.43. The third-order valence-corrected chi connectivity index (χ3v) is 1.25. The van der Waals surface area contributed by atoms with E-state index in [1.807, 2.05) is 0 Å². The van der Waals surface area contributed by atoms with Crippen molar-refractivity contribution in [3.63, 3.8) is 0 Å². The van der Waals surface area contributed by atoms with Gasteiger partial charge < -0.3 is 5.11 Å². The Hall–Kier alpha value is -0.0800. The van der Waals surface area contributed by atoms with E-state index in [0.29, 0.717) is 12.3 Å². The molecule has 1 saturated carbocycles. The Bertz CT molecular complexity index is 59.1. The van der Waals surface area contributed by atoms with Crippen LogP contribution >= 0.6 is 0 Å². The van der Waals surface area contributed by atoms with Crippen molar-refractivity contribution < 1.29 is 5.11 Å². The summed E-state index contributed by atoms with van der Waals surface area (Å²) in [6, 6.07) is 0. The lowest BCUT2D eigenvalue weighted by atomic mass is 10.3. The van der Waals surface area contributed by atoms with Gasteiger partial charge in [0.2, 0.25) is 0 Å². The first-order valence-corrected chi connectivity index (χ1v) is 2.68. The quantitative estimate of drug-likeness (QED) is 0.536. The Morgan fingerprint density at radius 2 is 2.29 bits per heavy atom. The summed E-state index contributed by atoms with van der Waals surface area (Å²) in [6.07, 6.45) is 2.35. The highest BCUT2D eigenvalue weighted by Crippen LogP contribution is 2.32. The van der Waals surface area contributed by atoms with Gasteiger partial charge in [-0.25, -0.2) is 5.73 Å². The summed E-state index contributed by atoms with van der Waals surface area (Å²) in [6.45, 7) is 0. The molecule has 2 N–H and O–H groups in total. The lowest BCUT2D eigenvalue weighted by Crippen LogP contribution is -2.06. The maximum Gasteiger partial charge on any atom is 0.117 e. The van der Waals surface area contributed by atoms with Crippen molar-refractivity contribution in [2.75, 3.05) is 0 Å². The van der Waals surface area contributed by atoms with Gasteiger partial charge in [-0.05, 0) is 12.3 Å². The molecule has 7 heavy (non-hydrogen) atoms. The Labute approximate surface area is 43.3 Å². The van der Waals surface area contributed by atoms with E-state index in [1.165, 1.54) is 12.8 Å². The van der Waals surface area contributed by atoms with E-state index in [2.05, 4.69) is 0 Å². The van der Waals surface area contributed by atoms with E-state index < -0.39 is 6.23 Å². The van der Waals surface area contributed by atoms with Crippen LogP contribution in [0.5, 0.6) is 0 Å². The molecule has 0 bridgehead atoms. The number of hydrogen-bond donors (Lipinski definition) is 1. The molecule has 1 aliphatic carbocycles. The molecule has 1 radical (unpaired) electrons. The third-order valence-electron chi connectivity index (χ3n) is 1.25. The van der Waals surface area contributed by atoms with Gasteiger partial charge in [0.15, 0.2) is 0 Å². The van der Waals surface area contributed by atoms with Gasteiger partial charge in [0, 0.05) is 0 Å². The predicted octanol–water partition coefficient (Wildman–Crippen LogP) is 0.388. The maximum atomic E-state index is 8.43. The van der Waals surface area contributed by atoms with Crippen LogP contribution in [0.15, 0.2) is 0 Å². The average Bonchev–Trinajstić information content (AvgIpc) is 2.17. The number of hydrogen-bond acceptors (Lipinski definition) is 1. The molecule has 0 heterocycles. The van der Waals surface area contributed by atoms with Gasteiger partial charge in [-0.15, -0.1) is 0 Å². The van der Waals surface area contributed by atoms with Crippen LogP contribution in [0.3, 0.4) is 0 Å². The van der Waals surface area contributed by atoms with E-state index in [1.54, 1.807) is 0 Å². The minimum absolute atomic E-state index is 0.687. The molecule has 0 spiro atoms. The fraction of sp³-hybridized carbons (Fsp3) is 1.00. The number of aliphatic hydroxyl groups is 1. The number of aliphatic hydroxyl groups excluding tert-OH is 1. The van der Waals surface area contributed by atoms with E-state index in [4.69, 9.17) is 10.8 Å². The Morgan fingerprint density at radius 1 is 1.71 bits per heavy atom. The molecular formula is C5H10NO. The molecule has 1 atom stereocenters. The molecule has 0 aromatic rings. The average molecular weight is 100 g/mol. The molecule has 0 amide bonds. The number of rotatable bonds is 2. The van der Waals surface area contributed by atoms with Crippen LogP contribution in [0.25, 0.3) is 0 Å². The molecule has 0 aromatic heterocycles. The highest BCUT2D eigenvalue weighted by Gasteiger charge is 2.22. The van der Waals surface area contributed by atoms with Crippen molar-refractivity contribution >= 4 is 0 Å². The van der Waals surface area contributed by atoms with Crippen molar-refractivity contribution in [1.82, 2.24) is 5.73 Å². The molecule has 41 valence electrons. The zero-order valence-electron chi connectivity index (χ0n) is 4.22. The molecule has 2 heteroatoms. The second-order valence-corrected chi connectivity index (χ2v) is 2.19. The zero-order valence-corrected chi connectivity index (χ0v) is 4.22. The second-order valence-electron chi connectivity index (χ2n) is 2.19. The lowest BCUT2D eigenvalue weighted by molar-refractivity contribution is 0.157. The molecule has 1 fully saturated rings. The van der Waals surface area contributed by atoms with Crippen LogP contribution in [-0.4, -0.2) is 11.3 Å². The lowest BCUT2D eigenvalue weighted by Gasteiger charge is -1.96. The van der Waals surface area contributed by atoms with Gasteiger partial charge in [-0.3, -0.25) is 0 Å². The van der Waals surface area contributed by atoms with Gasteiger partial charge in [0.25, 0.3) is 0 Å². The number of nitrogens with one attached hydrogen (secondary N) is 1. The summed E-state index contributed by atoms with van der Waals surface area (Å²) in [7, 11) is 0. The van der Waals surface area contributed by atoms with Crippen molar-refractivity contribution in [3.05, 3.63) is 0 Å². The summed E-state index contributed by atoms with van der Waals surface area (Å²) < 4.78 is 0. The van der Waals surface area contributed by atoms with Crippen LogP contribution in [0, 0.1) is 5.92 Å². The van der Waals surface area contributed by atoms with Crippen LogP contribution in [0.2, 0.25) is 0 Å². The van der Waals surface area contributed by atoms with Crippen LogP contribution in [0.1, 0.15) is 19.3 Å². The fourth-order valence-corrected chi connectivity index (χ4v) is 0.669. The third kappa shape index (κ3) is 1.90. The first-order valence-electron chi connectivity index (χ1n) is 2.68. The van der Waals surface area contributed by atoms with Crippen LogP contribution in [0.4, 0.5) is 0 Å². The normalized spacial score (nSPS) is 24.9. The van der Waals surface area contributed by atoms with Crippen LogP contribution < -0.4 is 5.73 Å². The fourth-order valence-electron chi connectivity index (χ4n) is 0.669. The van der Waals surface area contributed by atoms with E-state index in [-0.39, 0.29) is 0 Å². The standard InChI is InChI=1S/C5H10NO/c6-5(7)3-4-1-2-4/h4-7H,1-3H2. The summed E-state index contributed by atoms with van der Waals surface area (Å²) in [5.74, 6) is 0.687. The molecule has 0 aromatic carbocycles. The summed E-state index contributed by atoms with van der Waals surface area (Å²) >= 11 is 0. The Balaban J connectivity index is 1.97. The molecule has 2 nitrogen and oxygen atoms in total. The SMILES string of the molecule is [NH]C(O)CC1CC1. The van der Waals surface area contributed by atoms with E-state index in [9.17, 15) is 0 Å². The van der Waals surface area contributed by atoms with E-state index >= 15 is 0 Å². The molecule has 0 saturated heterocycles. The first-order chi connectivity index (χ1) is 3.29. The topological polar surface area (TPSA) is 44.0 Å². The van der Waals surface area contributed by atoms with Gasteiger partial charge in [0.1, 0.15) is 6.23 Å². The van der Waals surface area contributed by atoms with Gasteiger partial charge in [-0.2, -0.15) is 0 Å². The van der Waals surface area contributed by atoms with Gasteiger partial charge >= 0.3 is 0 Å². The van der Waals surface area contributed by atoms with Crippen molar-refractivity contribution in [2.45, 2.75) is 25.5 Å². The zero-order chi connectivity index (χ0) is 5.28. The van der Waals surface area contributed by atoms with Crippen LogP contribution in [-0.2, 0) is 0 Å². The highest BCUT2D eigenvalue weighted by molar-refractivity contribution is 4.73. The van der Waals surface area contributed by atoms with Crippen molar-refractivity contribution in [1.29, 1.82) is 0 Å². The Kier molecular flexibility index (Phi) is 1.30. The minimum Gasteiger partial charge on any atom is -0.377 e. The van der Waals surface area contributed by atoms with Gasteiger partial charge in [0.05, 0.1) is 0 Å². The molecular weight excluding hydrogens is 90.1 g/mol. The predicted molar refractivity (Wildman–Crippen MR) is 26.4 cm³/mol. The minimum atomic E-state index is -0.812. The summed E-state index contributed by atoms with van der Waals surface area (Å²) in [5.41, 5.74) is 6.70. The van der Waals surface area contributed by atoms with E-state index in [0.717, 1.165) is 0 Å². The highest BCUT2D eigenvalue weighted by atomic mass is 16.3. The second kappa shape index (κ2) is 1.80. The molecule has 1 aliphatic rings. The Morgan fingerprint density at radius 3 is 2.43 bits per heavy atom. The van der Waals surface area contributed by atoms with Crippen molar-refractivity contribution in [3.8, 4) is 0 Å². The summed E-state index contributed by atoms with van der Waals surface area (Å²) in [4.78, 5) is 0.